The van der Waals surface area contributed by atoms with Crippen molar-refractivity contribution in [3.05, 3.63) is 0 Å². The SMILES string of the molecule is CCCCCCCCCCCCCCCCC(C)(CC)OCCCCCCCCO. The highest BCUT2D eigenvalue weighted by molar-refractivity contribution is 4.73. The fourth-order valence-corrected chi connectivity index (χ4v) is 4.28. The van der Waals surface area contributed by atoms with E-state index in [0.717, 1.165) is 19.4 Å². The zero-order chi connectivity index (χ0) is 22.2. The van der Waals surface area contributed by atoms with Crippen LogP contribution in [-0.4, -0.2) is 23.9 Å². The molecule has 0 saturated heterocycles. The Labute approximate surface area is 191 Å². The van der Waals surface area contributed by atoms with E-state index in [2.05, 4.69) is 20.8 Å². The maximum absolute atomic E-state index is 8.80. The summed E-state index contributed by atoms with van der Waals surface area (Å²) in [6.45, 7) is 8.15. The van der Waals surface area contributed by atoms with Gasteiger partial charge in [-0.15, -0.1) is 0 Å². The standard InChI is InChI=1S/C28H58O2/c1-4-6-7-8-9-10-11-12-13-14-15-16-19-22-25-28(3,5-2)30-27-24-21-18-17-20-23-26-29/h29H,4-27H2,1-3H3. The van der Waals surface area contributed by atoms with Crippen LogP contribution in [0.1, 0.15) is 162 Å². The molecule has 0 bridgehead atoms. The predicted molar refractivity (Wildman–Crippen MR) is 134 cm³/mol. The summed E-state index contributed by atoms with van der Waals surface area (Å²) in [4.78, 5) is 0. The van der Waals surface area contributed by atoms with Crippen LogP contribution in [0.5, 0.6) is 0 Å². The van der Waals surface area contributed by atoms with Crippen LogP contribution in [0.25, 0.3) is 0 Å². The molecule has 0 aromatic heterocycles. The van der Waals surface area contributed by atoms with E-state index in [9.17, 15) is 0 Å². The van der Waals surface area contributed by atoms with Crippen LogP contribution in [0, 0.1) is 0 Å². The Bertz CT molecular complexity index is 318. The Hall–Kier alpha value is -0.0800. The summed E-state index contributed by atoms with van der Waals surface area (Å²) in [5, 5.41) is 8.80. The molecule has 0 aliphatic rings. The van der Waals surface area contributed by atoms with Gasteiger partial charge in [0.2, 0.25) is 0 Å². The van der Waals surface area contributed by atoms with Crippen LogP contribution >= 0.6 is 0 Å². The van der Waals surface area contributed by atoms with E-state index < -0.39 is 0 Å². The van der Waals surface area contributed by atoms with Crippen molar-refractivity contribution in [2.75, 3.05) is 13.2 Å². The molecule has 0 fully saturated rings. The molecule has 0 aliphatic heterocycles. The van der Waals surface area contributed by atoms with Crippen molar-refractivity contribution in [3.63, 3.8) is 0 Å². The van der Waals surface area contributed by atoms with Gasteiger partial charge in [-0.25, -0.2) is 0 Å². The molecule has 1 atom stereocenters. The fourth-order valence-electron chi connectivity index (χ4n) is 4.28. The average molecular weight is 427 g/mol. The molecule has 0 aromatic carbocycles. The van der Waals surface area contributed by atoms with Gasteiger partial charge in [0.05, 0.1) is 5.60 Å². The van der Waals surface area contributed by atoms with Crippen molar-refractivity contribution in [1.82, 2.24) is 0 Å². The number of unbranched alkanes of at least 4 members (excludes halogenated alkanes) is 18. The number of aliphatic hydroxyl groups excluding tert-OH is 1. The monoisotopic (exact) mass is 426 g/mol. The smallest absolute Gasteiger partial charge is 0.0651 e. The summed E-state index contributed by atoms with van der Waals surface area (Å²) in [7, 11) is 0. The lowest BCUT2D eigenvalue weighted by Crippen LogP contribution is -2.28. The molecule has 2 nitrogen and oxygen atoms in total. The van der Waals surface area contributed by atoms with Gasteiger partial charge in [0.25, 0.3) is 0 Å². The van der Waals surface area contributed by atoms with Gasteiger partial charge in [0.1, 0.15) is 0 Å². The lowest BCUT2D eigenvalue weighted by Gasteiger charge is -2.29. The molecule has 0 aliphatic carbocycles. The number of hydrogen-bond donors (Lipinski definition) is 1. The molecule has 1 N–H and O–H groups in total. The highest BCUT2D eigenvalue weighted by Gasteiger charge is 2.21. The first-order valence-electron chi connectivity index (χ1n) is 13.9. The summed E-state index contributed by atoms with van der Waals surface area (Å²) >= 11 is 0. The lowest BCUT2D eigenvalue weighted by atomic mass is 9.94. The van der Waals surface area contributed by atoms with Crippen molar-refractivity contribution in [2.45, 2.75) is 168 Å². The number of rotatable bonds is 25. The zero-order valence-corrected chi connectivity index (χ0v) is 21.3. The van der Waals surface area contributed by atoms with Gasteiger partial charge in [-0.05, 0) is 32.6 Å². The van der Waals surface area contributed by atoms with Gasteiger partial charge in [-0.3, -0.25) is 0 Å². The van der Waals surface area contributed by atoms with E-state index >= 15 is 0 Å². The maximum Gasteiger partial charge on any atom is 0.0651 e. The summed E-state index contributed by atoms with van der Waals surface area (Å²) in [6.07, 6.45) is 29.4. The topological polar surface area (TPSA) is 29.5 Å². The molecular weight excluding hydrogens is 368 g/mol. The normalized spacial score (nSPS) is 13.6. The van der Waals surface area contributed by atoms with Gasteiger partial charge in [0.15, 0.2) is 0 Å². The molecule has 0 saturated carbocycles. The second-order valence-electron chi connectivity index (χ2n) is 9.84. The van der Waals surface area contributed by atoms with Gasteiger partial charge in [0, 0.05) is 13.2 Å². The third-order valence-electron chi connectivity index (χ3n) is 6.81. The Morgan fingerprint density at radius 1 is 0.533 bits per heavy atom. The van der Waals surface area contributed by atoms with Crippen LogP contribution in [0.4, 0.5) is 0 Å². The molecule has 1 unspecified atom stereocenters. The zero-order valence-electron chi connectivity index (χ0n) is 21.3. The first kappa shape index (κ1) is 29.9. The predicted octanol–water partition coefficient (Wildman–Crippen LogP) is 9.38. The molecule has 30 heavy (non-hydrogen) atoms. The molecule has 0 aromatic rings. The Morgan fingerprint density at radius 3 is 1.37 bits per heavy atom. The highest BCUT2D eigenvalue weighted by atomic mass is 16.5. The number of ether oxygens (including phenoxy) is 1. The summed E-state index contributed by atoms with van der Waals surface area (Å²) in [5.41, 5.74) is 0.0913. The fraction of sp³-hybridized carbons (Fsp3) is 1.00. The van der Waals surface area contributed by atoms with E-state index in [1.807, 2.05) is 0 Å². The Morgan fingerprint density at radius 2 is 0.933 bits per heavy atom. The molecule has 0 spiro atoms. The second-order valence-corrected chi connectivity index (χ2v) is 9.84. The largest absolute Gasteiger partial charge is 0.396 e. The first-order chi connectivity index (χ1) is 14.7. The van der Waals surface area contributed by atoms with Crippen molar-refractivity contribution >= 4 is 0 Å². The molecule has 182 valence electrons. The summed E-state index contributed by atoms with van der Waals surface area (Å²) in [6, 6.07) is 0. The molecule has 0 heterocycles. The van der Waals surface area contributed by atoms with E-state index in [0.29, 0.717) is 6.61 Å². The second kappa shape index (κ2) is 23.6. The minimum absolute atomic E-state index is 0.0913. The minimum Gasteiger partial charge on any atom is -0.396 e. The molecular formula is C28H58O2. The van der Waals surface area contributed by atoms with E-state index in [4.69, 9.17) is 9.84 Å². The summed E-state index contributed by atoms with van der Waals surface area (Å²) in [5.74, 6) is 0. The lowest BCUT2D eigenvalue weighted by molar-refractivity contribution is -0.0434. The van der Waals surface area contributed by atoms with E-state index in [-0.39, 0.29) is 5.60 Å². The molecule has 0 rings (SSSR count). The minimum atomic E-state index is 0.0913. The molecule has 2 heteroatoms. The molecule has 0 radical (unpaired) electrons. The van der Waals surface area contributed by atoms with E-state index in [1.54, 1.807) is 0 Å². The Balaban J connectivity index is 3.42. The first-order valence-corrected chi connectivity index (χ1v) is 13.9. The quantitative estimate of drug-likeness (QED) is 0.147. The van der Waals surface area contributed by atoms with Crippen LogP contribution in [0.3, 0.4) is 0 Å². The average Bonchev–Trinajstić information content (AvgIpc) is 2.76. The van der Waals surface area contributed by atoms with Gasteiger partial charge in [-0.1, -0.05) is 129 Å². The third kappa shape index (κ3) is 21.2. The van der Waals surface area contributed by atoms with Gasteiger partial charge < -0.3 is 9.84 Å². The van der Waals surface area contributed by atoms with Crippen LogP contribution < -0.4 is 0 Å². The maximum atomic E-state index is 8.80. The number of hydrogen-bond acceptors (Lipinski definition) is 2. The van der Waals surface area contributed by atoms with Crippen molar-refractivity contribution in [2.24, 2.45) is 0 Å². The third-order valence-corrected chi connectivity index (χ3v) is 6.81. The van der Waals surface area contributed by atoms with Crippen LogP contribution in [0.15, 0.2) is 0 Å². The van der Waals surface area contributed by atoms with Gasteiger partial charge >= 0.3 is 0 Å². The van der Waals surface area contributed by atoms with Crippen molar-refractivity contribution in [3.8, 4) is 0 Å². The van der Waals surface area contributed by atoms with Crippen molar-refractivity contribution in [1.29, 1.82) is 0 Å². The van der Waals surface area contributed by atoms with Crippen LogP contribution in [0.2, 0.25) is 0 Å². The summed E-state index contributed by atoms with van der Waals surface area (Å²) < 4.78 is 6.28. The highest BCUT2D eigenvalue weighted by Crippen LogP contribution is 2.24. The van der Waals surface area contributed by atoms with Crippen molar-refractivity contribution < 1.29 is 9.84 Å². The molecule has 0 amide bonds. The number of aliphatic hydroxyl groups is 1. The Kier molecular flexibility index (Phi) is 23.5. The van der Waals surface area contributed by atoms with Crippen LogP contribution in [-0.2, 0) is 4.74 Å². The van der Waals surface area contributed by atoms with E-state index in [1.165, 1.54) is 128 Å². The van der Waals surface area contributed by atoms with Gasteiger partial charge in [-0.2, -0.15) is 0 Å².